The standard InChI is InChI=1S/C6H6N2O3S/c1-12(10)6-4(11-3-7-6)2-5(9)8-12/h3H,2H2,1H3. The zero-order valence-corrected chi connectivity index (χ0v) is 7.13. The van der Waals surface area contributed by atoms with E-state index in [1.807, 2.05) is 0 Å². The highest BCUT2D eigenvalue weighted by Gasteiger charge is 2.25. The quantitative estimate of drug-likeness (QED) is 0.580. The number of carbonyl (C=O) groups excluding carboxylic acids is 1. The van der Waals surface area contributed by atoms with Crippen molar-refractivity contribution in [1.82, 2.24) is 4.98 Å². The van der Waals surface area contributed by atoms with E-state index in [2.05, 4.69) is 9.35 Å². The minimum absolute atomic E-state index is 0.0696. The van der Waals surface area contributed by atoms with E-state index in [4.69, 9.17) is 4.42 Å². The number of carbonyl (C=O) groups is 1. The number of amides is 1. The fourth-order valence-corrected chi connectivity index (χ4v) is 2.41. The van der Waals surface area contributed by atoms with Crippen molar-refractivity contribution in [3.8, 4) is 0 Å². The van der Waals surface area contributed by atoms with Crippen molar-refractivity contribution < 1.29 is 13.4 Å². The second kappa shape index (κ2) is 2.16. The number of hydrogen-bond donors (Lipinski definition) is 0. The van der Waals surface area contributed by atoms with E-state index in [1.54, 1.807) is 0 Å². The van der Waals surface area contributed by atoms with Crippen molar-refractivity contribution in [1.29, 1.82) is 0 Å². The largest absolute Gasteiger partial charge is 0.447 e. The molecule has 0 aromatic carbocycles. The van der Waals surface area contributed by atoms with Crippen LogP contribution in [0.25, 0.3) is 0 Å². The van der Waals surface area contributed by atoms with Crippen molar-refractivity contribution in [3.63, 3.8) is 0 Å². The molecule has 1 atom stereocenters. The van der Waals surface area contributed by atoms with Crippen LogP contribution in [-0.4, -0.2) is 21.4 Å². The van der Waals surface area contributed by atoms with E-state index in [9.17, 15) is 9.00 Å². The van der Waals surface area contributed by atoms with Crippen molar-refractivity contribution in [2.24, 2.45) is 4.36 Å². The molecule has 0 radical (unpaired) electrons. The number of oxazole rings is 1. The van der Waals surface area contributed by atoms with Crippen molar-refractivity contribution >= 4 is 15.6 Å². The molecule has 0 saturated heterocycles. The van der Waals surface area contributed by atoms with Gasteiger partial charge in [0.15, 0.2) is 17.2 Å². The fourth-order valence-electron chi connectivity index (χ4n) is 1.09. The Labute approximate surface area is 69.0 Å². The van der Waals surface area contributed by atoms with Gasteiger partial charge in [-0.15, -0.1) is 0 Å². The Bertz CT molecular complexity index is 453. The van der Waals surface area contributed by atoms with Gasteiger partial charge < -0.3 is 4.42 Å². The summed E-state index contributed by atoms with van der Waals surface area (Å²) in [6.45, 7) is 0. The average molecular weight is 186 g/mol. The minimum Gasteiger partial charge on any atom is -0.447 e. The molecule has 0 N–H and O–H groups in total. The van der Waals surface area contributed by atoms with Gasteiger partial charge >= 0.3 is 0 Å². The predicted octanol–water partition coefficient (Wildman–Crippen LogP) is 0.214. The lowest BCUT2D eigenvalue weighted by Crippen LogP contribution is -2.13. The van der Waals surface area contributed by atoms with Gasteiger partial charge in [-0.2, -0.15) is 4.36 Å². The Morgan fingerprint density at radius 1 is 1.67 bits per heavy atom. The summed E-state index contributed by atoms with van der Waals surface area (Å²) in [5.41, 5.74) is 0. The molecular formula is C6H6N2O3S. The molecule has 0 bridgehead atoms. The van der Waals surface area contributed by atoms with Crippen molar-refractivity contribution in [2.75, 3.05) is 6.26 Å². The van der Waals surface area contributed by atoms with Crippen LogP contribution in [0.5, 0.6) is 0 Å². The molecule has 0 spiro atoms. The Morgan fingerprint density at radius 3 is 3.17 bits per heavy atom. The van der Waals surface area contributed by atoms with Crippen LogP contribution in [0.15, 0.2) is 20.2 Å². The molecule has 2 rings (SSSR count). The van der Waals surface area contributed by atoms with E-state index in [0.29, 0.717) is 10.8 Å². The van der Waals surface area contributed by atoms with Gasteiger partial charge in [0, 0.05) is 6.26 Å². The average Bonchev–Trinajstić information content (AvgIpc) is 2.32. The topological polar surface area (TPSA) is 72.5 Å². The van der Waals surface area contributed by atoms with E-state index in [-0.39, 0.29) is 6.42 Å². The smallest absolute Gasteiger partial charge is 0.261 e. The normalized spacial score (nSPS) is 27.9. The fraction of sp³-hybridized carbons (Fsp3) is 0.333. The zero-order chi connectivity index (χ0) is 8.77. The van der Waals surface area contributed by atoms with Crippen LogP contribution in [0.3, 0.4) is 0 Å². The van der Waals surface area contributed by atoms with Crippen LogP contribution in [0.4, 0.5) is 0 Å². The van der Waals surface area contributed by atoms with Gasteiger partial charge in [-0.05, 0) is 0 Å². The van der Waals surface area contributed by atoms with Gasteiger partial charge in [-0.25, -0.2) is 9.19 Å². The van der Waals surface area contributed by atoms with E-state index in [0.717, 1.165) is 0 Å². The summed E-state index contributed by atoms with van der Waals surface area (Å²) < 4.78 is 20.0. The van der Waals surface area contributed by atoms with Gasteiger partial charge in [0.05, 0.1) is 6.42 Å². The molecule has 1 aromatic rings. The number of rotatable bonds is 0. The van der Waals surface area contributed by atoms with Crippen molar-refractivity contribution in [2.45, 2.75) is 11.4 Å². The van der Waals surface area contributed by atoms with Crippen LogP contribution in [0.1, 0.15) is 5.76 Å². The third-order valence-corrected chi connectivity index (χ3v) is 3.15. The van der Waals surface area contributed by atoms with Gasteiger partial charge in [-0.3, -0.25) is 4.79 Å². The molecule has 0 aliphatic carbocycles. The molecule has 64 valence electrons. The lowest BCUT2D eigenvalue weighted by atomic mass is 10.3. The monoisotopic (exact) mass is 186 g/mol. The van der Waals surface area contributed by atoms with E-state index < -0.39 is 15.6 Å². The lowest BCUT2D eigenvalue weighted by molar-refractivity contribution is -0.117. The minimum atomic E-state index is -2.63. The highest BCUT2D eigenvalue weighted by Crippen LogP contribution is 2.20. The second-order valence-corrected chi connectivity index (χ2v) is 4.72. The molecule has 0 fully saturated rings. The van der Waals surface area contributed by atoms with Crippen LogP contribution in [0, 0.1) is 0 Å². The first-order chi connectivity index (χ1) is 5.59. The SMILES string of the molecule is CS1(=O)=NC(=O)Cc2ocnc21. The van der Waals surface area contributed by atoms with E-state index in [1.165, 1.54) is 12.6 Å². The third kappa shape index (κ3) is 0.953. The summed E-state index contributed by atoms with van der Waals surface area (Å²) in [6.07, 6.45) is 2.63. The number of fused-ring (bicyclic) bond motifs is 1. The molecule has 1 aliphatic heterocycles. The first-order valence-corrected chi connectivity index (χ1v) is 5.19. The lowest BCUT2D eigenvalue weighted by Gasteiger charge is -2.06. The summed E-state index contributed by atoms with van der Waals surface area (Å²) >= 11 is 0. The maximum Gasteiger partial charge on any atom is 0.261 e. The van der Waals surface area contributed by atoms with Gasteiger partial charge in [0.2, 0.25) is 0 Å². The molecule has 1 amide bonds. The van der Waals surface area contributed by atoms with Crippen LogP contribution >= 0.6 is 0 Å². The number of hydrogen-bond acceptors (Lipinski definition) is 4. The molecule has 1 aliphatic rings. The molecule has 1 unspecified atom stereocenters. The Balaban J connectivity index is 2.77. The van der Waals surface area contributed by atoms with Gasteiger partial charge in [-0.1, -0.05) is 0 Å². The predicted molar refractivity (Wildman–Crippen MR) is 40.0 cm³/mol. The van der Waals surface area contributed by atoms with Gasteiger partial charge in [0.25, 0.3) is 5.91 Å². The summed E-state index contributed by atoms with van der Waals surface area (Å²) in [4.78, 5) is 14.7. The highest BCUT2D eigenvalue weighted by molar-refractivity contribution is 7.93. The molecule has 5 nitrogen and oxygen atoms in total. The summed E-state index contributed by atoms with van der Waals surface area (Å²) in [6, 6.07) is 0. The molecule has 2 heterocycles. The summed E-state index contributed by atoms with van der Waals surface area (Å²) in [5.74, 6) is -0.0331. The first-order valence-electron chi connectivity index (χ1n) is 3.27. The van der Waals surface area contributed by atoms with E-state index >= 15 is 0 Å². The van der Waals surface area contributed by atoms with Crippen LogP contribution < -0.4 is 0 Å². The third-order valence-electron chi connectivity index (χ3n) is 1.55. The Kier molecular flexibility index (Phi) is 1.35. The Hall–Kier alpha value is -1.17. The Morgan fingerprint density at radius 2 is 2.42 bits per heavy atom. The van der Waals surface area contributed by atoms with Crippen molar-refractivity contribution in [3.05, 3.63) is 12.2 Å². The zero-order valence-electron chi connectivity index (χ0n) is 6.31. The maximum atomic E-state index is 11.6. The summed E-state index contributed by atoms with van der Waals surface area (Å²) in [7, 11) is -2.63. The second-order valence-electron chi connectivity index (χ2n) is 2.55. The van der Waals surface area contributed by atoms with Crippen LogP contribution in [0.2, 0.25) is 0 Å². The molecule has 6 heteroatoms. The molecule has 0 saturated carbocycles. The number of nitrogens with zero attached hydrogens (tertiary/aromatic N) is 2. The number of aromatic nitrogens is 1. The molecule has 1 aromatic heterocycles. The molecular weight excluding hydrogens is 180 g/mol. The maximum absolute atomic E-state index is 11.6. The molecule has 12 heavy (non-hydrogen) atoms. The first kappa shape index (κ1) is 7.48. The van der Waals surface area contributed by atoms with Crippen LogP contribution in [-0.2, 0) is 20.9 Å². The van der Waals surface area contributed by atoms with Gasteiger partial charge in [0.1, 0.15) is 9.73 Å². The highest BCUT2D eigenvalue weighted by atomic mass is 32.2. The summed E-state index contributed by atoms with van der Waals surface area (Å²) in [5, 5.41) is 0.308.